The number of hydrogen-bond donors (Lipinski definition) is 3. The molecule has 2 aromatic heterocycles. The molecular weight excluding hydrogens is 493 g/mol. The fourth-order valence-electron chi connectivity index (χ4n) is 3.69. The number of benzene rings is 3. The first kappa shape index (κ1) is 25.2. The van der Waals surface area contributed by atoms with Crippen molar-refractivity contribution in [2.45, 2.75) is 20.4 Å². The van der Waals surface area contributed by atoms with Crippen LogP contribution in [-0.2, 0) is 6.54 Å². The number of nitrogens with zero attached hydrogens (tertiary/aromatic N) is 2. The third-order valence-electron chi connectivity index (χ3n) is 5.54. The smallest absolute Gasteiger partial charge is 0.319 e. The van der Waals surface area contributed by atoms with Crippen molar-refractivity contribution in [3.8, 4) is 0 Å². The first-order valence-electron chi connectivity index (χ1n) is 11.2. The predicted octanol–water partition coefficient (Wildman–Crippen LogP) is 7.30. The Morgan fingerprint density at radius 3 is 2.19 bits per heavy atom. The number of halogens is 2. The minimum Gasteiger partial charge on any atom is -0.398 e. The number of nitrogen functional groups attached to an aromatic ring is 1. The van der Waals surface area contributed by atoms with Gasteiger partial charge in [0.05, 0.1) is 5.69 Å². The molecule has 4 N–H and O–H groups in total. The van der Waals surface area contributed by atoms with Gasteiger partial charge < -0.3 is 16.4 Å². The van der Waals surface area contributed by atoms with Crippen LogP contribution in [0.4, 0.5) is 16.2 Å². The Kier molecular flexibility index (Phi) is 7.88. The Hall–Kier alpha value is -3.87. The molecule has 0 atom stereocenters. The van der Waals surface area contributed by atoms with E-state index in [1.165, 1.54) is 0 Å². The number of fused-ring (bicyclic) bond motifs is 2. The highest BCUT2D eigenvalue weighted by Crippen LogP contribution is 2.24. The molecule has 5 aromatic rings. The molecule has 0 saturated heterocycles. The second-order valence-electron chi connectivity index (χ2n) is 8.29. The maximum absolute atomic E-state index is 12.2. The van der Waals surface area contributed by atoms with Crippen molar-refractivity contribution in [3.63, 3.8) is 0 Å². The number of hydrogen-bond acceptors (Lipinski definition) is 4. The molecule has 0 aliphatic carbocycles. The van der Waals surface area contributed by atoms with Gasteiger partial charge in [-0.15, -0.1) is 0 Å². The van der Waals surface area contributed by atoms with Crippen LogP contribution in [0.3, 0.4) is 0 Å². The zero-order valence-corrected chi connectivity index (χ0v) is 21.4. The molecule has 0 fully saturated rings. The average Bonchev–Trinajstić information content (AvgIpc) is 2.85. The normalized spacial score (nSPS) is 10.6. The quantitative estimate of drug-likeness (QED) is 0.219. The van der Waals surface area contributed by atoms with Crippen LogP contribution in [0.15, 0.2) is 79.1 Å². The van der Waals surface area contributed by atoms with Gasteiger partial charge in [-0.1, -0.05) is 53.5 Å². The van der Waals surface area contributed by atoms with Gasteiger partial charge in [0, 0.05) is 67.6 Å². The van der Waals surface area contributed by atoms with E-state index in [1.54, 1.807) is 24.4 Å². The molecule has 0 radical (unpaired) electrons. The Balaban J connectivity index is 0.000000211. The van der Waals surface area contributed by atoms with E-state index in [0.717, 1.165) is 49.9 Å². The van der Waals surface area contributed by atoms with Crippen molar-refractivity contribution in [2.75, 3.05) is 11.1 Å². The highest BCUT2D eigenvalue weighted by Gasteiger charge is 2.08. The summed E-state index contributed by atoms with van der Waals surface area (Å²) in [7, 11) is 0. The van der Waals surface area contributed by atoms with Crippen LogP contribution < -0.4 is 16.4 Å². The number of urea groups is 1. The number of aryl methyl sites for hydroxylation is 2. The highest BCUT2D eigenvalue weighted by atomic mass is 35.5. The molecule has 0 unspecified atom stereocenters. The highest BCUT2D eigenvalue weighted by molar-refractivity contribution is 6.35. The van der Waals surface area contributed by atoms with Crippen LogP contribution in [0.2, 0.25) is 10.0 Å². The first-order chi connectivity index (χ1) is 17.3. The monoisotopic (exact) mass is 517 g/mol. The number of nitrogens with two attached hydrogens (primary N) is 1. The van der Waals surface area contributed by atoms with Gasteiger partial charge >= 0.3 is 6.03 Å². The standard InChI is InChI=1S/C18H15Cl2N3O.C10H10N2/c1-11-7-15-12(9-21-11)3-2-4-17(15)23-18(24)22-10-13-5-6-14(19)8-16(13)20;1-7-5-9-8(6-12-7)3-2-4-10(9)11/h2-9H,10H2,1H3,(H2,22,23,24);2-6H,11H2,1H3. The van der Waals surface area contributed by atoms with E-state index < -0.39 is 0 Å². The lowest BCUT2D eigenvalue weighted by Crippen LogP contribution is -2.28. The van der Waals surface area contributed by atoms with Gasteiger partial charge in [-0.05, 0) is 55.8 Å². The van der Waals surface area contributed by atoms with Gasteiger partial charge in [-0.25, -0.2) is 4.79 Å². The second-order valence-corrected chi connectivity index (χ2v) is 9.13. The molecule has 36 heavy (non-hydrogen) atoms. The van der Waals surface area contributed by atoms with Gasteiger partial charge in [0.1, 0.15) is 0 Å². The summed E-state index contributed by atoms with van der Waals surface area (Å²) in [5.41, 5.74) is 10.0. The molecule has 0 bridgehead atoms. The van der Waals surface area contributed by atoms with Crippen LogP contribution in [0.5, 0.6) is 0 Å². The number of nitrogens with one attached hydrogen (secondary N) is 2. The molecule has 0 spiro atoms. The van der Waals surface area contributed by atoms with Crippen LogP contribution in [0.25, 0.3) is 21.5 Å². The van der Waals surface area contributed by atoms with E-state index in [-0.39, 0.29) is 6.03 Å². The van der Waals surface area contributed by atoms with Crippen molar-refractivity contribution in [1.82, 2.24) is 15.3 Å². The van der Waals surface area contributed by atoms with Crippen molar-refractivity contribution in [3.05, 3.63) is 106 Å². The Bertz CT molecular complexity index is 1550. The zero-order chi connectivity index (χ0) is 25.7. The Morgan fingerprint density at radius 2 is 1.50 bits per heavy atom. The number of rotatable bonds is 3. The summed E-state index contributed by atoms with van der Waals surface area (Å²) in [5, 5.41) is 10.9. The molecule has 0 aliphatic rings. The fraction of sp³-hybridized carbons (Fsp3) is 0.107. The SMILES string of the molecule is Cc1cc2c(N)cccc2cn1.Cc1cc2c(NC(=O)NCc3ccc(Cl)cc3Cl)cccc2cn1. The topological polar surface area (TPSA) is 92.9 Å². The zero-order valence-electron chi connectivity index (χ0n) is 19.8. The average molecular weight is 518 g/mol. The van der Waals surface area contributed by atoms with Crippen molar-refractivity contribution < 1.29 is 4.79 Å². The van der Waals surface area contributed by atoms with Gasteiger partial charge in [0.25, 0.3) is 0 Å². The van der Waals surface area contributed by atoms with Crippen molar-refractivity contribution in [2.24, 2.45) is 0 Å². The van der Waals surface area contributed by atoms with Crippen LogP contribution in [-0.4, -0.2) is 16.0 Å². The maximum atomic E-state index is 12.2. The minimum atomic E-state index is -0.303. The molecule has 0 aliphatic heterocycles. The first-order valence-corrected chi connectivity index (χ1v) is 12.0. The summed E-state index contributed by atoms with van der Waals surface area (Å²) in [6.07, 6.45) is 3.64. The van der Waals surface area contributed by atoms with Gasteiger partial charge in [-0.2, -0.15) is 0 Å². The minimum absolute atomic E-state index is 0.303. The fourth-order valence-corrected chi connectivity index (χ4v) is 4.16. The molecule has 2 amide bonds. The summed E-state index contributed by atoms with van der Waals surface area (Å²) in [6.45, 7) is 4.19. The molecule has 6 nitrogen and oxygen atoms in total. The van der Waals surface area contributed by atoms with Gasteiger partial charge in [0.15, 0.2) is 0 Å². The molecule has 2 heterocycles. The largest absolute Gasteiger partial charge is 0.398 e. The maximum Gasteiger partial charge on any atom is 0.319 e. The van der Waals surface area contributed by atoms with Gasteiger partial charge in [0.2, 0.25) is 0 Å². The summed E-state index contributed by atoms with van der Waals surface area (Å²) < 4.78 is 0. The Morgan fingerprint density at radius 1 is 0.861 bits per heavy atom. The van der Waals surface area contributed by atoms with E-state index >= 15 is 0 Å². The molecule has 5 rings (SSSR count). The number of aromatic nitrogens is 2. The van der Waals surface area contributed by atoms with Crippen LogP contribution in [0, 0.1) is 13.8 Å². The summed E-state index contributed by atoms with van der Waals surface area (Å²) in [5.74, 6) is 0. The number of anilines is 2. The van der Waals surface area contributed by atoms with E-state index in [0.29, 0.717) is 16.6 Å². The summed E-state index contributed by atoms with van der Waals surface area (Å²) >= 11 is 12.0. The molecule has 3 aromatic carbocycles. The summed E-state index contributed by atoms with van der Waals surface area (Å²) in [6, 6.07) is 20.4. The number of carbonyl (C=O) groups is 1. The van der Waals surface area contributed by atoms with Crippen LogP contribution >= 0.6 is 23.2 Å². The van der Waals surface area contributed by atoms with Crippen molar-refractivity contribution >= 4 is 62.2 Å². The van der Waals surface area contributed by atoms with E-state index in [4.69, 9.17) is 28.9 Å². The molecule has 182 valence electrons. The predicted molar refractivity (Wildman–Crippen MR) is 150 cm³/mol. The number of carbonyl (C=O) groups excluding carboxylic acids is 1. The number of amides is 2. The number of pyridine rings is 2. The summed E-state index contributed by atoms with van der Waals surface area (Å²) in [4.78, 5) is 20.6. The lowest BCUT2D eigenvalue weighted by atomic mass is 10.1. The van der Waals surface area contributed by atoms with Crippen molar-refractivity contribution in [1.29, 1.82) is 0 Å². The van der Waals surface area contributed by atoms with E-state index in [9.17, 15) is 4.79 Å². The Labute approximate surface area is 219 Å². The van der Waals surface area contributed by atoms with E-state index in [1.807, 2.05) is 68.6 Å². The van der Waals surface area contributed by atoms with Crippen LogP contribution in [0.1, 0.15) is 17.0 Å². The third kappa shape index (κ3) is 6.22. The third-order valence-corrected chi connectivity index (χ3v) is 6.12. The van der Waals surface area contributed by atoms with Gasteiger partial charge in [-0.3, -0.25) is 9.97 Å². The molecule has 0 saturated carbocycles. The lowest BCUT2D eigenvalue weighted by Gasteiger charge is -2.11. The second kappa shape index (κ2) is 11.2. The molecular formula is C28H25Cl2N5O. The van der Waals surface area contributed by atoms with E-state index in [2.05, 4.69) is 20.6 Å². The molecule has 8 heteroatoms. The lowest BCUT2D eigenvalue weighted by molar-refractivity contribution is 0.252.